The van der Waals surface area contributed by atoms with Crippen LogP contribution >= 0.6 is 11.8 Å². The second-order valence-electron chi connectivity index (χ2n) is 1.92. The molecule has 1 rings (SSSR count). The molecule has 8 heavy (non-hydrogen) atoms. The van der Waals surface area contributed by atoms with Crippen molar-refractivity contribution in [2.75, 3.05) is 31.6 Å². The van der Waals surface area contributed by atoms with Crippen LogP contribution in [-0.4, -0.2) is 36.5 Å². The smallest absolute Gasteiger partial charge is 0.00696 e. The molecule has 0 bridgehead atoms. The molecule has 1 fully saturated rings. The lowest BCUT2D eigenvalue weighted by Gasteiger charge is -2.20. The van der Waals surface area contributed by atoms with Gasteiger partial charge in [-0.05, 0) is 7.05 Å². The van der Waals surface area contributed by atoms with Crippen molar-refractivity contribution in [3.05, 3.63) is 0 Å². The van der Waals surface area contributed by atoms with E-state index in [1.54, 1.807) is 0 Å². The summed E-state index contributed by atoms with van der Waals surface area (Å²) in [6.45, 7) is 2.56. The van der Waals surface area contributed by atoms with Gasteiger partial charge in [0.15, 0.2) is 0 Å². The van der Waals surface area contributed by atoms with Crippen LogP contribution in [0, 0.1) is 0 Å². The zero-order valence-electron chi connectivity index (χ0n) is 4.68. The van der Waals surface area contributed by atoms with Crippen LogP contribution in [0.25, 0.3) is 0 Å². The first-order valence-corrected chi connectivity index (χ1v) is 3.81. The molecule has 1 saturated heterocycles. The van der Waals surface area contributed by atoms with Gasteiger partial charge in [-0.2, -0.15) is 11.8 Å². The average molecular weight is 133 g/mol. The van der Waals surface area contributed by atoms with Gasteiger partial charge in [0.25, 0.3) is 0 Å². The van der Waals surface area contributed by atoms with Crippen LogP contribution < -0.4 is 0 Å². The lowest BCUT2D eigenvalue weighted by Crippen LogP contribution is -2.28. The van der Waals surface area contributed by atoms with Crippen molar-refractivity contribution in [2.45, 2.75) is 7.43 Å². The molecule has 2 heteroatoms. The predicted octanol–water partition coefficient (Wildman–Crippen LogP) is 1.30. The topological polar surface area (TPSA) is 3.24 Å². The van der Waals surface area contributed by atoms with Crippen LogP contribution in [0.4, 0.5) is 0 Å². The normalized spacial score (nSPS) is 22.1. The van der Waals surface area contributed by atoms with Gasteiger partial charge < -0.3 is 4.90 Å². The predicted molar refractivity (Wildman–Crippen MR) is 41.6 cm³/mol. The highest BCUT2D eigenvalue weighted by Gasteiger charge is 2.02. The fourth-order valence-electron chi connectivity index (χ4n) is 0.655. The van der Waals surface area contributed by atoms with Gasteiger partial charge in [-0.15, -0.1) is 0 Å². The van der Waals surface area contributed by atoms with Crippen LogP contribution in [0.1, 0.15) is 7.43 Å². The third-order valence-electron chi connectivity index (χ3n) is 1.23. The molecule has 0 aliphatic carbocycles. The third-order valence-corrected chi connectivity index (χ3v) is 2.18. The minimum absolute atomic E-state index is 0. The molecule has 0 aromatic heterocycles. The number of nitrogens with zero attached hydrogens (tertiary/aromatic N) is 1. The summed E-state index contributed by atoms with van der Waals surface area (Å²) in [5, 5.41) is 0. The molecule has 0 unspecified atom stereocenters. The summed E-state index contributed by atoms with van der Waals surface area (Å²) in [7, 11) is 2.18. The average Bonchev–Trinajstić information content (AvgIpc) is 1.69. The fourth-order valence-corrected chi connectivity index (χ4v) is 1.74. The highest BCUT2D eigenvalue weighted by Crippen LogP contribution is 2.05. The van der Waals surface area contributed by atoms with E-state index in [1.807, 2.05) is 0 Å². The van der Waals surface area contributed by atoms with Gasteiger partial charge in [-0.1, -0.05) is 7.43 Å². The Labute approximate surface area is 56.4 Å². The Bertz CT molecular complexity index is 50.5. The Balaban J connectivity index is 0.000000490. The molecule has 0 N–H and O–H groups in total. The number of hydrogen-bond donors (Lipinski definition) is 0. The van der Waals surface area contributed by atoms with Gasteiger partial charge in [0.1, 0.15) is 0 Å². The molecular formula is C6H15NS. The highest BCUT2D eigenvalue weighted by atomic mass is 32.2. The summed E-state index contributed by atoms with van der Waals surface area (Å²) in [4.78, 5) is 2.37. The van der Waals surface area contributed by atoms with E-state index in [4.69, 9.17) is 0 Å². The van der Waals surface area contributed by atoms with Crippen molar-refractivity contribution in [3.63, 3.8) is 0 Å². The van der Waals surface area contributed by atoms with Crippen molar-refractivity contribution in [3.8, 4) is 0 Å². The molecule has 0 amide bonds. The molecule has 1 nitrogen and oxygen atoms in total. The van der Waals surface area contributed by atoms with E-state index in [9.17, 15) is 0 Å². The van der Waals surface area contributed by atoms with Gasteiger partial charge in [0.05, 0.1) is 0 Å². The standard InChI is InChI=1S/C5H11NS.CH4/c1-6-2-4-7-5-3-6;/h2-5H2,1H3;1H4. The summed E-state index contributed by atoms with van der Waals surface area (Å²) >= 11 is 2.06. The molecule has 0 aromatic rings. The van der Waals surface area contributed by atoms with Crippen molar-refractivity contribution in [1.29, 1.82) is 0 Å². The maximum atomic E-state index is 2.37. The van der Waals surface area contributed by atoms with E-state index in [0.29, 0.717) is 0 Å². The molecule has 1 aliphatic rings. The zero-order valence-corrected chi connectivity index (χ0v) is 5.50. The first-order chi connectivity index (χ1) is 3.39. The van der Waals surface area contributed by atoms with E-state index in [1.165, 1.54) is 24.6 Å². The molecule has 1 heterocycles. The van der Waals surface area contributed by atoms with E-state index < -0.39 is 0 Å². The summed E-state index contributed by atoms with van der Waals surface area (Å²) in [5.74, 6) is 2.66. The van der Waals surface area contributed by atoms with Gasteiger partial charge in [-0.25, -0.2) is 0 Å². The lowest BCUT2D eigenvalue weighted by atomic mass is 10.6. The summed E-state index contributed by atoms with van der Waals surface area (Å²) in [6.07, 6.45) is 0. The monoisotopic (exact) mass is 133 g/mol. The van der Waals surface area contributed by atoms with E-state index in [0.717, 1.165) is 0 Å². The minimum Gasteiger partial charge on any atom is -0.305 e. The largest absolute Gasteiger partial charge is 0.305 e. The first-order valence-electron chi connectivity index (χ1n) is 2.66. The molecule has 0 saturated carbocycles. The molecule has 0 radical (unpaired) electrons. The molecule has 0 spiro atoms. The van der Waals surface area contributed by atoms with Gasteiger partial charge in [-0.3, -0.25) is 0 Å². The maximum Gasteiger partial charge on any atom is 0.00696 e. The Kier molecular flexibility index (Phi) is 4.38. The summed E-state index contributed by atoms with van der Waals surface area (Å²) < 4.78 is 0. The first kappa shape index (κ1) is 8.31. The summed E-state index contributed by atoms with van der Waals surface area (Å²) in [6, 6.07) is 0. The van der Waals surface area contributed by atoms with Crippen molar-refractivity contribution >= 4 is 11.8 Å². The van der Waals surface area contributed by atoms with Gasteiger partial charge in [0.2, 0.25) is 0 Å². The molecule has 0 aromatic carbocycles. The third kappa shape index (κ3) is 2.58. The Morgan fingerprint density at radius 2 is 1.75 bits per heavy atom. The zero-order chi connectivity index (χ0) is 5.11. The number of hydrogen-bond acceptors (Lipinski definition) is 2. The molecule has 50 valence electrons. The van der Waals surface area contributed by atoms with Crippen LogP contribution in [-0.2, 0) is 0 Å². The minimum atomic E-state index is 0. The van der Waals surface area contributed by atoms with Gasteiger partial charge >= 0.3 is 0 Å². The van der Waals surface area contributed by atoms with Crippen molar-refractivity contribution in [2.24, 2.45) is 0 Å². The SMILES string of the molecule is C.CN1CCSCC1. The second-order valence-corrected chi connectivity index (χ2v) is 3.14. The molecule has 1 aliphatic heterocycles. The fraction of sp³-hybridized carbons (Fsp3) is 1.00. The second kappa shape index (κ2) is 4.21. The van der Waals surface area contributed by atoms with E-state index in [2.05, 4.69) is 23.7 Å². The van der Waals surface area contributed by atoms with Crippen LogP contribution in [0.15, 0.2) is 0 Å². The van der Waals surface area contributed by atoms with Crippen molar-refractivity contribution in [1.82, 2.24) is 4.90 Å². The van der Waals surface area contributed by atoms with Crippen LogP contribution in [0.2, 0.25) is 0 Å². The quantitative estimate of drug-likeness (QED) is 0.490. The van der Waals surface area contributed by atoms with Crippen molar-refractivity contribution < 1.29 is 0 Å². The summed E-state index contributed by atoms with van der Waals surface area (Å²) in [5.41, 5.74) is 0. The molecular weight excluding hydrogens is 118 g/mol. The maximum absolute atomic E-state index is 2.37. The highest BCUT2D eigenvalue weighted by molar-refractivity contribution is 7.99. The van der Waals surface area contributed by atoms with Gasteiger partial charge in [0, 0.05) is 24.6 Å². The lowest BCUT2D eigenvalue weighted by molar-refractivity contribution is 0.372. The Hall–Kier alpha value is 0.310. The van der Waals surface area contributed by atoms with E-state index >= 15 is 0 Å². The Morgan fingerprint density at radius 3 is 2.00 bits per heavy atom. The Morgan fingerprint density at radius 1 is 1.25 bits per heavy atom. The number of thioether (sulfide) groups is 1. The van der Waals surface area contributed by atoms with Crippen LogP contribution in [0.3, 0.4) is 0 Å². The van der Waals surface area contributed by atoms with E-state index in [-0.39, 0.29) is 7.43 Å². The van der Waals surface area contributed by atoms with Crippen LogP contribution in [0.5, 0.6) is 0 Å². The molecule has 0 atom stereocenters. The number of rotatable bonds is 0.